The van der Waals surface area contributed by atoms with E-state index in [1.807, 2.05) is 0 Å². The van der Waals surface area contributed by atoms with E-state index in [0.29, 0.717) is 0 Å². The first-order valence-corrected chi connectivity index (χ1v) is 8.16. The summed E-state index contributed by atoms with van der Waals surface area (Å²) in [6.45, 7) is 1.80. The lowest BCUT2D eigenvalue weighted by molar-refractivity contribution is -0.140. The van der Waals surface area contributed by atoms with Gasteiger partial charge < -0.3 is 50.5 Å². The third-order valence-electron chi connectivity index (χ3n) is 3.38. The van der Waals surface area contributed by atoms with Crippen molar-refractivity contribution in [3.63, 3.8) is 0 Å². The van der Waals surface area contributed by atoms with Gasteiger partial charge in [0.05, 0.1) is 18.2 Å². The summed E-state index contributed by atoms with van der Waals surface area (Å²) in [5.74, 6) is -4.84. The minimum Gasteiger partial charge on any atom is -0.506 e. The van der Waals surface area contributed by atoms with E-state index in [4.69, 9.17) is 19.7 Å². The summed E-state index contributed by atoms with van der Waals surface area (Å²) in [6.07, 6.45) is -7.87. The fourth-order valence-corrected chi connectivity index (χ4v) is 2.05. The Hall–Kier alpha value is -2.38. The molecule has 0 aromatic heterocycles. The van der Waals surface area contributed by atoms with Crippen molar-refractivity contribution >= 4 is 11.9 Å². The van der Waals surface area contributed by atoms with Gasteiger partial charge >= 0.3 is 5.97 Å². The van der Waals surface area contributed by atoms with Crippen LogP contribution in [0, 0.1) is 0 Å². The Kier molecular flexibility index (Phi) is 11.1. The lowest BCUT2D eigenvalue weighted by atomic mass is 10.1. The van der Waals surface area contributed by atoms with Gasteiger partial charge in [0.1, 0.15) is 12.2 Å². The predicted molar refractivity (Wildman–Crippen MR) is 92.7 cm³/mol. The Morgan fingerprint density at radius 3 is 2.04 bits per heavy atom. The molecule has 28 heavy (non-hydrogen) atoms. The Bertz CT molecular complexity index is 599. The average Bonchev–Trinajstić information content (AvgIpc) is 2.60. The Morgan fingerprint density at radius 1 is 1.07 bits per heavy atom. The van der Waals surface area contributed by atoms with E-state index in [-0.39, 0.29) is 12.1 Å². The predicted octanol–water partition coefficient (Wildman–Crippen LogP) is -1.39. The summed E-state index contributed by atoms with van der Waals surface area (Å²) < 4.78 is 9.72. The van der Waals surface area contributed by atoms with Crippen LogP contribution in [0.15, 0.2) is 23.0 Å². The van der Waals surface area contributed by atoms with Gasteiger partial charge in [0.15, 0.2) is 11.5 Å². The number of hydrogen-bond donors (Lipinski definition) is 8. The molecule has 0 aliphatic rings. The number of carbonyl (C=O) groups is 2. The minimum absolute atomic E-state index is 0.311. The zero-order valence-electron chi connectivity index (χ0n) is 15.7. The maximum atomic E-state index is 11.3. The van der Waals surface area contributed by atoms with E-state index < -0.39 is 66.8 Å². The van der Waals surface area contributed by atoms with E-state index in [1.54, 1.807) is 0 Å². The van der Waals surface area contributed by atoms with Crippen LogP contribution in [0.3, 0.4) is 0 Å². The zero-order chi connectivity index (χ0) is 22.0. The van der Waals surface area contributed by atoms with Gasteiger partial charge in [0.2, 0.25) is 11.7 Å². The molecule has 12 nitrogen and oxygen atoms in total. The Morgan fingerprint density at radius 2 is 1.64 bits per heavy atom. The number of ether oxygens (including phenoxy) is 2. The number of carboxylic acid groups (broad SMARTS) is 1. The maximum Gasteiger partial charge on any atom is 0.306 e. The second kappa shape index (κ2) is 12.2. The number of aliphatic hydroxyl groups is 6. The maximum absolute atomic E-state index is 11.3. The molecule has 4 atom stereocenters. The minimum atomic E-state index is -2.32. The molecule has 0 heterocycles. The van der Waals surface area contributed by atoms with Crippen molar-refractivity contribution in [2.24, 2.45) is 0 Å². The second-order valence-electron chi connectivity index (χ2n) is 5.73. The quantitative estimate of drug-likeness (QED) is 0.139. The summed E-state index contributed by atoms with van der Waals surface area (Å²) in [5, 5.41) is 69.7. The van der Waals surface area contributed by atoms with Crippen molar-refractivity contribution in [2.75, 3.05) is 13.7 Å². The molecule has 0 rings (SSSR count). The molecule has 1 amide bonds. The normalized spacial score (nSPS) is 17.5. The number of aliphatic carboxylic acids is 1. The number of carbonyl (C=O) groups excluding carboxylic acids is 1. The molecule has 0 saturated heterocycles. The van der Waals surface area contributed by atoms with Crippen molar-refractivity contribution in [1.82, 2.24) is 5.32 Å². The number of amides is 1. The van der Waals surface area contributed by atoms with Gasteiger partial charge in [-0.1, -0.05) is 0 Å². The highest BCUT2D eigenvalue weighted by molar-refractivity contribution is 5.75. The number of nitrogens with one attached hydrogen (secondary N) is 1. The first kappa shape index (κ1) is 25.6. The summed E-state index contributed by atoms with van der Waals surface area (Å²) in [4.78, 5) is 22.1. The van der Waals surface area contributed by atoms with Crippen LogP contribution in [-0.4, -0.2) is 85.9 Å². The number of carboxylic acids is 1. The summed E-state index contributed by atoms with van der Waals surface area (Å²) in [6, 6.07) is 0. The molecule has 0 aliphatic heterocycles. The average molecular weight is 409 g/mol. The van der Waals surface area contributed by atoms with Gasteiger partial charge in [-0.25, -0.2) is 0 Å². The summed E-state index contributed by atoms with van der Waals surface area (Å²) >= 11 is 0. The van der Waals surface area contributed by atoms with Crippen LogP contribution < -0.4 is 5.32 Å². The van der Waals surface area contributed by atoms with Crippen LogP contribution >= 0.6 is 0 Å². The Balaban J connectivity index is 5.93. The second-order valence-corrected chi connectivity index (χ2v) is 5.73. The molecule has 0 aromatic carbocycles. The third-order valence-corrected chi connectivity index (χ3v) is 3.38. The molecule has 0 fully saturated rings. The molecule has 0 spiro atoms. The van der Waals surface area contributed by atoms with Gasteiger partial charge in [0, 0.05) is 27.1 Å². The standard InChI is InChI=1S/C16H27NO11/c1-7(19)12(17-8(2)20)15(9(21)4-5-18)28-16(26)14(25)13(24)10(27-3)6-11(22)23/h7,9-10,16,18-19,21,24-26H,4-6H2,1-3H3,(H,17,20)(H,22,23)/b14-13-,15-12-. The van der Waals surface area contributed by atoms with E-state index >= 15 is 0 Å². The van der Waals surface area contributed by atoms with Crippen LogP contribution in [0.1, 0.15) is 26.7 Å². The van der Waals surface area contributed by atoms with E-state index in [9.17, 15) is 35.1 Å². The van der Waals surface area contributed by atoms with Crippen molar-refractivity contribution in [1.29, 1.82) is 0 Å². The van der Waals surface area contributed by atoms with Crippen LogP contribution in [0.25, 0.3) is 0 Å². The number of methoxy groups -OCH3 is 1. The van der Waals surface area contributed by atoms with E-state index in [0.717, 1.165) is 14.0 Å². The third kappa shape index (κ3) is 8.10. The highest BCUT2D eigenvalue weighted by Gasteiger charge is 2.29. The molecule has 8 N–H and O–H groups in total. The number of hydrogen-bond acceptors (Lipinski definition) is 10. The van der Waals surface area contributed by atoms with Crippen LogP contribution in [0.2, 0.25) is 0 Å². The SMILES string of the molecule is COC(CC(=O)O)/C(O)=C(/O)C(O)O/C(=C(\NC(C)=O)C(C)O)C(O)CCO. The lowest BCUT2D eigenvalue weighted by Crippen LogP contribution is -2.34. The molecule has 4 unspecified atom stereocenters. The van der Waals surface area contributed by atoms with Crippen molar-refractivity contribution in [2.45, 2.75) is 51.3 Å². The summed E-state index contributed by atoms with van der Waals surface area (Å²) in [5.41, 5.74) is -0.353. The fourth-order valence-electron chi connectivity index (χ4n) is 2.05. The molecular formula is C16H27NO11. The number of rotatable bonds is 12. The van der Waals surface area contributed by atoms with Crippen molar-refractivity contribution < 1.29 is 54.8 Å². The number of aliphatic hydroxyl groups excluding tert-OH is 6. The highest BCUT2D eigenvalue weighted by atomic mass is 16.6. The van der Waals surface area contributed by atoms with Crippen molar-refractivity contribution in [3.8, 4) is 0 Å². The van der Waals surface area contributed by atoms with E-state index in [1.165, 1.54) is 6.92 Å². The zero-order valence-corrected chi connectivity index (χ0v) is 15.7. The van der Waals surface area contributed by atoms with Crippen LogP contribution in [0.5, 0.6) is 0 Å². The van der Waals surface area contributed by atoms with E-state index in [2.05, 4.69) is 5.32 Å². The van der Waals surface area contributed by atoms with Crippen molar-refractivity contribution in [3.05, 3.63) is 23.0 Å². The first-order valence-electron chi connectivity index (χ1n) is 8.16. The summed E-state index contributed by atoms with van der Waals surface area (Å²) in [7, 11) is 1.06. The largest absolute Gasteiger partial charge is 0.506 e. The molecule has 12 heteroatoms. The molecule has 0 aromatic rings. The smallest absolute Gasteiger partial charge is 0.306 e. The van der Waals surface area contributed by atoms with Gasteiger partial charge in [-0.05, 0) is 6.92 Å². The van der Waals surface area contributed by atoms with Gasteiger partial charge in [0.25, 0.3) is 6.29 Å². The molecule has 0 aliphatic carbocycles. The van der Waals surface area contributed by atoms with Crippen LogP contribution in [0.4, 0.5) is 0 Å². The van der Waals surface area contributed by atoms with Gasteiger partial charge in [-0.3, -0.25) is 9.59 Å². The molecule has 0 bridgehead atoms. The lowest BCUT2D eigenvalue weighted by Gasteiger charge is -2.25. The highest BCUT2D eigenvalue weighted by Crippen LogP contribution is 2.21. The molecule has 0 radical (unpaired) electrons. The fraction of sp³-hybridized carbons (Fsp3) is 0.625. The van der Waals surface area contributed by atoms with Gasteiger partial charge in [-0.2, -0.15) is 0 Å². The van der Waals surface area contributed by atoms with Gasteiger partial charge in [-0.15, -0.1) is 0 Å². The molecule has 0 saturated carbocycles. The van der Waals surface area contributed by atoms with Crippen LogP contribution in [-0.2, 0) is 19.1 Å². The molecule has 162 valence electrons. The Labute approximate surface area is 160 Å². The topological polar surface area (TPSA) is 206 Å². The molecular weight excluding hydrogens is 382 g/mol. The monoisotopic (exact) mass is 409 g/mol. The first-order chi connectivity index (χ1) is 13.0.